The van der Waals surface area contributed by atoms with Crippen LogP contribution in [0.4, 0.5) is 19.0 Å². The molecule has 0 saturated carbocycles. The van der Waals surface area contributed by atoms with Gasteiger partial charge in [0.15, 0.2) is 11.5 Å². The zero-order chi connectivity index (χ0) is 25.0. The molecule has 1 amide bonds. The molecule has 0 saturated heterocycles. The molecular formula is C26H21F3N4O3. The third-order valence-corrected chi connectivity index (χ3v) is 6.67. The van der Waals surface area contributed by atoms with Crippen LogP contribution < -0.4 is 14.8 Å². The number of nitrogens with one attached hydrogen (secondary N) is 2. The van der Waals surface area contributed by atoms with Gasteiger partial charge in [0.25, 0.3) is 0 Å². The zero-order valence-corrected chi connectivity index (χ0v) is 19.1. The molecule has 2 aromatic heterocycles. The highest BCUT2D eigenvalue weighted by Crippen LogP contribution is 2.47. The number of alkyl halides is 3. The molecule has 7 nitrogen and oxygen atoms in total. The summed E-state index contributed by atoms with van der Waals surface area (Å²) in [7, 11) is 0. The molecule has 184 valence electrons. The van der Waals surface area contributed by atoms with Crippen molar-refractivity contribution >= 4 is 22.8 Å². The van der Waals surface area contributed by atoms with Crippen LogP contribution in [0, 0.1) is 0 Å². The topological polar surface area (TPSA) is 89.1 Å². The number of aromatic nitrogens is 3. The van der Waals surface area contributed by atoms with Crippen molar-refractivity contribution in [3.8, 4) is 17.2 Å². The van der Waals surface area contributed by atoms with Crippen molar-refractivity contribution < 1.29 is 27.4 Å². The second kappa shape index (κ2) is 8.25. The van der Waals surface area contributed by atoms with Crippen LogP contribution >= 0.6 is 0 Å². The average Bonchev–Trinajstić information content (AvgIpc) is 3.39. The average molecular weight is 494 g/mol. The minimum Gasteiger partial charge on any atom is -0.485 e. The normalized spacial score (nSPS) is 18.9. The Bertz CT molecular complexity index is 1500. The van der Waals surface area contributed by atoms with Crippen molar-refractivity contribution in [1.29, 1.82) is 0 Å². The van der Waals surface area contributed by atoms with E-state index in [1.54, 1.807) is 12.3 Å². The largest absolute Gasteiger partial charge is 0.485 e. The molecule has 10 heteroatoms. The highest BCUT2D eigenvalue weighted by atomic mass is 19.4. The first-order chi connectivity index (χ1) is 17.3. The number of nitrogens with zero attached hydrogens (tertiary/aromatic N) is 2. The van der Waals surface area contributed by atoms with Gasteiger partial charge >= 0.3 is 6.18 Å². The summed E-state index contributed by atoms with van der Waals surface area (Å²) >= 11 is 0. The Kier molecular flexibility index (Phi) is 5.13. The summed E-state index contributed by atoms with van der Waals surface area (Å²) in [5.74, 6) is 2.76. The van der Waals surface area contributed by atoms with Gasteiger partial charge in [0.1, 0.15) is 23.5 Å². The van der Waals surface area contributed by atoms with Gasteiger partial charge in [-0.25, -0.2) is 9.97 Å². The molecule has 2 aliphatic heterocycles. The monoisotopic (exact) mass is 494 g/mol. The van der Waals surface area contributed by atoms with Gasteiger partial charge in [0.05, 0.1) is 16.6 Å². The highest BCUT2D eigenvalue weighted by Gasteiger charge is 2.35. The van der Waals surface area contributed by atoms with E-state index in [9.17, 15) is 18.0 Å². The van der Waals surface area contributed by atoms with E-state index >= 15 is 0 Å². The van der Waals surface area contributed by atoms with Gasteiger partial charge < -0.3 is 19.8 Å². The lowest BCUT2D eigenvalue weighted by molar-refractivity contribution is -0.137. The van der Waals surface area contributed by atoms with Crippen molar-refractivity contribution in [2.45, 2.75) is 44.4 Å². The number of aromatic amines is 1. The molecule has 0 bridgehead atoms. The lowest BCUT2D eigenvalue weighted by atomic mass is 9.95. The smallest absolute Gasteiger partial charge is 0.416 e. The molecule has 0 spiro atoms. The van der Waals surface area contributed by atoms with E-state index in [0.29, 0.717) is 59.2 Å². The number of ether oxygens (including phenoxy) is 2. The summed E-state index contributed by atoms with van der Waals surface area (Å²) in [5.41, 5.74) is 1.89. The molecule has 4 aromatic rings. The standard InChI is InChI=1S/C26H21F3N4O3/c1-13-15-3-2-4-20(35-19-9-10-30-25-16(19)6-8-23(34)33-25)24(15)36-21(13)12-22-31-17-7-5-14(26(27,28)29)11-18(17)32-22/h2-5,7,9-11,13,21H,6,8,12H2,1H3,(H,31,32)(H,30,33,34). The summed E-state index contributed by atoms with van der Waals surface area (Å²) in [6, 6.07) is 10.9. The Labute approximate surface area is 203 Å². The lowest BCUT2D eigenvalue weighted by Gasteiger charge is -2.19. The third kappa shape index (κ3) is 3.92. The molecule has 2 atom stereocenters. The van der Waals surface area contributed by atoms with Crippen molar-refractivity contribution in [1.82, 2.24) is 15.0 Å². The van der Waals surface area contributed by atoms with Gasteiger partial charge in [0, 0.05) is 36.1 Å². The van der Waals surface area contributed by atoms with Gasteiger partial charge in [-0.3, -0.25) is 4.79 Å². The first-order valence-corrected chi connectivity index (χ1v) is 11.6. The summed E-state index contributed by atoms with van der Waals surface area (Å²) in [6.45, 7) is 2.04. The fourth-order valence-corrected chi connectivity index (χ4v) is 4.77. The van der Waals surface area contributed by atoms with Crippen LogP contribution in [0.3, 0.4) is 0 Å². The number of hydrogen-bond donors (Lipinski definition) is 2. The Balaban J connectivity index is 1.25. The first-order valence-electron chi connectivity index (χ1n) is 11.6. The SMILES string of the molecule is CC1c2cccc(Oc3ccnc4c3CCC(=O)N4)c2OC1Cc1nc2ccc(C(F)(F)F)cc2[nH]1. The van der Waals surface area contributed by atoms with Crippen LogP contribution in [0.2, 0.25) is 0 Å². The maximum absolute atomic E-state index is 13.1. The predicted octanol–water partition coefficient (Wildman–Crippen LogP) is 5.76. The number of fused-ring (bicyclic) bond motifs is 3. The van der Waals surface area contributed by atoms with Crippen LogP contribution in [0.1, 0.15) is 41.8 Å². The van der Waals surface area contributed by atoms with Crippen LogP contribution in [0.5, 0.6) is 17.2 Å². The number of H-pyrrole nitrogens is 1. The maximum atomic E-state index is 13.1. The number of rotatable bonds is 4. The van der Waals surface area contributed by atoms with Crippen molar-refractivity contribution in [2.24, 2.45) is 0 Å². The number of carbonyl (C=O) groups excluding carboxylic acids is 1. The molecule has 2 unspecified atom stereocenters. The summed E-state index contributed by atoms with van der Waals surface area (Å²) in [4.78, 5) is 23.4. The van der Waals surface area contributed by atoms with E-state index in [0.717, 1.165) is 23.3 Å². The fraction of sp³-hybridized carbons (Fsp3) is 0.269. The van der Waals surface area contributed by atoms with E-state index in [1.165, 1.54) is 6.07 Å². The molecule has 36 heavy (non-hydrogen) atoms. The molecule has 2 aliphatic rings. The van der Waals surface area contributed by atoms with Gasteiger partial charge in [-0.1, -0.05) is 19.1 Å². The van der Waals surface area contributed by atoms with Crippen LogP contribution in [0.15, 0.2) is 48.7 Å². The van der Waals surface area contributed by atoms with Gasteiger partial charge in [-0.2, -0.15) is 13.2 Å². The van der Waals surface area contributed by atoms with E-state index in [2.05, 4.69) is 20.3 Å². The lowest BCUT2D eigenvalue weighted by Crippen LogP contribution is -2.20. The third-order valence-electron chi connectivity index (χ3n) is 6.67. The van der Waals surface area contributed by atoms with Crippen molar-refractivity contribution in [3.05, 3.63) is 71.2 Å². The molecule has 6 rings (SSSR count). The van der Waals surface area contributed by atoms with E-state index in [4.69, 9.17) is 9.47 Å². The highest BCUT2D eigenvalue weighted by molar-refractivity contribution is 5.93. The van der Waals surface area contributed by atoms with E-state index in [1.807, 2.05) is 25.1 Å². The fourth-order valence-electron chi connectivity index (χ4n) is 4.77. The summed E-state index contributed by atoms with van der Waals surface area (Å²) in [5, 5.41) is 2.77. The van der Waals surface area contributed by atoms with Gasteiger partial charge in [-0.15, -0.1) is 0 Å². The number of anilines is 1. The Hall–Kier alpha value is -4.08. The number of hydrogen-bond acceptors (Lipinski definition) is 5. The van der Waals surface area contributed by atoms with Gasteiger partial charge in [-0.05, 0) is 36.8 Å². The maximum Gasteiger partial charge on any atom is 0.416 e. The second-order valence-corrected chi connectivity index (χ2v) is 9.02. The Morgan fingerprint density at radius 2 is 2.00 bits per heavy atom. The predicted molar refractivity (Wildman–Crippen MR) is 125 cm³/mol. The number of imidazole rings is 1. The molecule has 0 radical (unpaired) electrons. The van der Waals surface area contributed by atoms with Gasteiger partial charge in [0.2, 0.25) is 5.91 Å². The second-order valence-electron chi connectivity index (χ2n) is 9.02. The Morgan fingerprint density at radius 1 is 1.14 bits per heavy atom. The zero-order valence-electron chi connectivity index (χ0n) is 19.1. The van der Waals surface area contributed by atoms with Crippen LogP contribution in [-0.2, 0) is 23.8 Å². The number of pyridine rings is 1. The minimum atomic E-state index is -4.42. The van der Waals surface area contributed by atoms with Crippen molar-refractivity contribution in [2.75, 3.05) is 5.32 Å². The molecule has 0 fully saturated rings. The first kappa shape index (κ1) is 22.4. The molecule has 2 aromatic carbocycles. The van der Waals surface area contributed by atoms with E-state index < -0.39 is 11.7 Å². The quantitative estimate of drug-likeness (QED) is 0.377. The molecule has 0 aliphatic carbocycles. The minimum absolute atomic E-state index is 0.00754. The molecule has 4 heterocycles. The number of halogens is 3. The summed E-state index contributed by atoms with van der Waals surface area (Å²) in [6.07, 6.45) is -1.83. The number of carbonyl (C=O) groups is 1. The van der Waals surface area contributed by atoms with Crippen molar-refractivity contribution in [3.63, 3.8) is 0 Å². The van der Waals surface area contributed by atoms with Crippen LogP contribution in [-0.4, -0.2) is 27.0 Å². The number of para-hydroxylation sites is 1. The number of amides is 1. The number of benzene rings is 2. The molecule has 2 N–H and O–H groups in total. The Morgan fingerprint density at radius 3 is 2.83 bits per heavy atom. The molecular weight excluding hydrogens is 473 g/mol. The van der Waals surface area contributed by atoms with Crippen LogP contribution in [0.25, 0.3) is 11.0 Å². The van der Waals surface area contributed by atoms with E-state index in [-0.39, 0.29) is 17.9 Å². The summed E-state index contributed by atoms with van der Waals surface area (Å²) < 4.78 is 51.8.